The molecule has 1 atom stereocenters. The molecule has 2 heteroatoms. The number of aliphatic hydroxyl groups is 1. The van der Waals surface area contributed by atoms with E-state index in [4.69, 9.17) is 0 Å². The van der Waals surface area contributed by atoms with E-state index in [2.05, 4.69) is 11.8 Å². The normalized spacial score (nSPS) is 27.4. The largest absolute Gasteiger partial charge is 0.393 e. The minimum atomic E-state index is -0.0781. The first-order valence-electron chi connectivity index (χ1n) is 7.14. The molecule has 16 heavy (non-hydrogen) atoms. The van der Waals surface area contributed by atoms with Gasteiger partial charge in [-0.1, -0.05) is 32.6 Å². The lowest BCUT2D eigenvalue weighted by Crippen LogP contribution is -2.56. The SMILES string of the molecule is CCC(O)CCN1CC2(CCCCCC2)C1. The number of hydrogen-bond donors (Lipinski definition) is 1. The summed E-state index contributed by atoms with van der Waals surface area (Å²) in [4.78, 5) is 2.55. The van der Waals surface area contributed by atoms with Gasteiger partial charge in [0.05, 0.1) is 6.10 Å². The van der Waals surface area contributed by atoms with Crippen LogP contribution < -0.4 is 0 Å². The lowest BCUT2D eigenvalue weighted by molar-refractivity contribution is -0.0196. The molecule has 1 heterocycles. The van der Waals surface area contributed by atoms with Crippen LogP contribution in [0.15, 0.2) is 0 Å². The summed E-state index contributed by atoms with van der Waals surface area (Å²) < 4.78 is 0. The van der Waals surface area contributed by atoms with Crippen molar-refractivity contribution in [3.05, 3.63) is 0 Å². The monoisotopic (exact) mass is 225 g/mol. The first kappa shape index (κ1) is 12.4. The fourth-order valence-electron chi connectivity index (χ4n) is 3.39. The van der Waals surface area contributed by atoms with E-state index in [1.165, 1.54) is 51.6 Å². The average Bonchev–Trinajstić information content (AvgIpc) is 2.49. The van der Waals surface area contributed by atoms with Gasteiger partial charge < -0.3 is 10.0 Å². The van der Waals surface area contributed by atoms with Crippen LogP contribution in [0.5, 0.6) is 0 Å². The molecule has 2 aliphatic rings. The second kappa shape index (κ2) is 5.50. The van der Waals surface area contributed by atoms with Gasteiger partial charge in [0.2, 0.25) is 0 Å². The van der Waals surface area contributed by atoms with Gasteiger partial charge in [-0.25, -0.2) is 0 Å². The van der Waals surface area contributed by atoms with E-state index < -0.39 is 0 Å². The van der Waals surface area contributed by atoms with Gasteiger partial charge in [-0.3, -0.25) is 0 Å². The number of likely N-dealkylation sites (tertiary alicyclic amines) is 1. The summed E-state index contributed by atoms with van der Waals surface area (Å²) in [5.74, 6) is 0. The molecule has 0 radical (unpaired) electrons. The number of nitrogens with zero attached hydrogens (tertiary/aromatic N) is 1. The quantitative estimate of drug-likeness (QED) is 0.795. The molecule has 0 amide bonds. The van der Waals surface area contributed by atoms with Gasteiger partial charge in [-0.05, 0) is 31.1 Å². The molecule has 1 aliphatic heterocycles. The van der Waals surface area contributed by atoms with Crippen LogP contribution in [0, 0.1) is 5.41 Å². The lowest BCUT2D eigenvalue weighted by Gasteiger charge is -2.50. The zero-order valence-corrected chi connectivity index (χ0v) is 10.7. The third kappa shape index (κ3) is 2.98. The second-order valence-corrected chi connectivity index (χ2v) is 5.98. The lowest BCUT2D eigenvalue weighted by atomic mass is 9.73. The van der Waals surface area contributed by atoms with Gasteiger partial charge in [-0.15, -0.1) is 0 Å². The van der Waals surface area contributed by atoms with Crippen LogP contribution >= 0.6 is 0 Å². The summed E-state index contributed by atoms with van der Waals surface area (Å²) in [5.41, 5.74) is 0.688. The predicted octanol–water partition coefficient (Wildman–Crippen LogP) is 2.80. The van der Waals surface area contributed by atoms with Crippen LogP contribution in [0.4, 0.5) is 0 Å². The van der Waals surface area contributed by atoms with Crippen LogP contribution in [0.1, 0.15) is 58.3 Å². The van der Waals surface area contributed by atoms with Gasteiger partial charge in [0, 0.05) is 19.6 Å². The molecule has 0 aromatic rings. The maximum atomic E-state index is 9.55. The molecular weight excluding hydrogens is 198 g/mol. The summed E-state index contributed by atoms with van der Waals surface area (Å²) in [6, 6.07) is 0. The molecule has 1 aliphatic carbocycles. The van der Waals surface area contributed by atoms with Gasteiger partial charge in [-0.2, -0.15) is 0 Å². The Balaban J connectivity index is 1.67. The summed E-state index contributed by atoms with van der Waals surface area (Å²) in [7, 11) is 0. The Kier molecular flexibility index (Phi) is 4.26. The van der Waals surface area contributed by atoms with Crippen molar-refractivity contribution in [2.45, 2.75) is 64.4 Å². The highest BCUT2D eigenvalue weighted by Crippen LogP contribution is 2.42. The van der Waals surface area contributed by atoms with E-state index in [1.807, 2.05) is 0 Å². The van der Waals surface area contributed by atoms with Crippen molar-refractivity contribution in [1.29, 1.82) is 0 Å². The van der Waals surface area contributed by atoms with Crippen molar-refractivity contribution in [3.8, 4) is 0 Å². The van der Waals surface area contributed by atoms with E-state index in [0.29, 0.717) is 5.41 Å². The molecule has 0 aromatic heterocycles. The van der Waals surface area contributed by atoms with Crippen LogP contribution in [0.2, 0.25) is 0 Å². The molecule has 2 fully saturated rings. The molecule has 0 aromatic carbocycles. The first-order chi connectivity index (χ1) is 7.74. The summed E-state index contributed by atoms with van der Waals surface area (Å²) >= 11 is 0. The number of aliphatic hydroxyl groups excluding tert-OH is 1. The van der Waals surface area contributed by atoms with Crippen molar-refractivity contribution in [2.24, 2.45) is 5.41 Å². The summed E-state index contributed by atoms with van der Waals surface area (Å²) in [6.45, 7) is 5.79. The molecule has 1 unspecified atom stereocenters. The Labute approximate surface area is 100 Å². The standard InChI is InChI=1S/C14H27NO/c1-2-13(16)7-10-15-11-14(12-15)8-5-3-4-6-9-14/h13,16H,2-12H2,1H3. The highest BCUT2D eigenvalue weighted by Gasteiger charge is 2.41. The Bertz CT molecular complexity index is 201. The van der Waals surface area contributed by atoms with Crippen molar-refractivity contribution >= 4 is 0 Å². The van der Waals surface area contributed by atoms with Crippen molar-refractivity contribution in [2.75, 3.05) is 19.6 Å². The summed E-state index contributed by atoms with van der Waals surface area (Å²) in [6.07, 6.45) is 10.5. The molecule has 0 bridgehead atoms. The number of hydrogen-bond acceptors (Lipinski definition) is 2. The fraction of sp³-hybridized carbons (Fsp3) is 1.00. The molecule has 2 nitrogen and oxygen atoms in total. The third-order valence-corrected chi connectivity index (χ3v) is 4.53. The summed E-state index contributed by atoms with van der Waals surface area (Å²) in [5, 5.41) is 9.55. The smallest absolute Gasteiger partial charge is 0.0549 e. The molecule has 94 valence electrons. The van der Waals surface area contributed by atoms with Gasteiger partial charge in [0.15, 0.2) is 0 Å². The molecule has 1 spiro atoms. The molecule has 1 saturated carbocycles. The van der Waals surface area contributed by atoms with Crippen LogP contribution in [-0.4, -0.2) is 35.7 Å². The first-order valence-corrected chi connectivity index (χ1v) is 7.14. The second-order valence-electron chi connectivity index (χ2n) is 5.98. The van der Waals surface area contributed by atoms with Crippen molar-refractivity contribution in [3.63, 3.8) is 0 Å². The highest BCUT2D eigenvalue weighted by molar-refractivity contribution is 4.95. The van der Waals surface area contributed by atoms with Crippen molar-refractivity contribution in [1.82, 2.24) is 4.90 Å². The minimum Gasteiger partial charge on any atom is -0.393 e. The molecular formula is C14H27NO. The van der Waals surface area contributed by atoms with Crippen LogP contribution in [-0.2, 0) is 0 Å². The molecule has 2 rings (SSSR count). The maximum Gasteiger partial charge on any atom is 0.0549 e. The molecule has 1 N–H and O–H groups in total. The Morgan fingerprint density at radius 2 is 1.75 bits per heavy atom. The zero-order chi connectivity index (χ0) is 11.4. The van der Waals surface area contributed by atoms with Crippen LogP contribution in [0.3, 0.4) is 0 Å². The third-order valence-electron chi connectivity index (χ3n) is 4.53. The van der Waals surface area contributed by atoms with E-state index in [9.17, 15) is 5.11 Å². The fourth-order valence-corrected chi connectivity index (χ4v) is 3.39. The van der Waals surface area contributed by atoms with Crippen molar-refractivity contribution < 1.29 is 5.11 Å². The van der Waals surface area contributed by atoms with Gasteiger partial charge >= 0.3 is 0 Å². The topological polar surface area (TPSA) is 23.5 Å². The predicted molar refractivity (Wildman–Crippen MR) is 67.5 cm³/mol. The maximum absolute atomic E-state index is 9.55. The van der Waals surface area contributed by atoms with E-state index in [0.717, 1.165) is 19.4 Å². The minimum absolute atomic E-state index is 0.0781. The average molecular weight is 225 g/mol. The Morgan fingerprint density at radius 1 is 1.12 bits per heavy atom. The Morgan fingerprint density at radius 3 is 2.31 bits per heavy atom. The van der Waals surface area contributed by atoms with E-state index >= 15 is 0 Å². The highest BCUT2D eigenvalue weighted by atomic mass is 16.3. The molecule has 1 saturated heterocycles. The zero-order valence-electron chi connectivity index (χ0n) is 10.7. The Hall–Kier alpha value is -0.0800. The van der Waals surface area contributed by atoms with E-state index in [1.54, 1.807) is 0 Å². The van der Waals surface area contributed by atoms with Gasteiger partial charge in [0.25, 0.3) is 0 Å². The van der Waals surface area contributed by atoms with Crippen LogP contribution in [0.25, 0.3) is 0 Å². The van der Waals surface area contributed by atoms with E-state index in [-0.39, 0.29) is 6.10 Å². The van der Waals surface area contributed by atoms with Gasteiger partial charge in [0.1, 0.15) is 0 Å². The number of rotatable bonds is 4.